The van der Waals surface area contributed by atoms with E-state index in [4.69, 9.17) is 4.74 Å². The fourth-order valence-electron chi connectivity index (χ4n) is 2.00. The van der Waals surface area contributed by atoms with Gasteiger partial charge in [0.15, 0.2) is 0 Å². The predicted octanol–water partition coefficient (Wildman–Crippen LogP) is 1.50. The highest BCUT2D eigenvalue weighted by Crippen LogP contribution is 2.07. The van der Waals surface area contributed by atoms with Crippen LogP contribution in [0.1, 0.15) is 18.9 Å². The molecule has 1 aromatic rings. The molecule has 124 valence electrons. The number of benzene rings is 1. The van der Waals surface area contributed by atoms with Crippen molar-refractivity contribution in [3.05, 3.63) is 58.7 Å². The lowest BCUT2D eigenvalue weighted by molar-refractivity contribution is -0.506. The van der Waals surface area contributed by atoms with Crippen LogP contribution < -0.4 is 5.32 Å². The molecular formula is C16H20N2O5. The zero-order valence-electron chi connectivity index (χ0n) is 12.9. The molecule has 0 fully saturated rings. The zero-order chi connectivity index (χ0) is 17.2. The monoisotopic (exact) mass is 320 g/mol. The fraction of sp³-hybridized carbons (Fsp3) is 0.375. The predicted molar refractivity (Wildman–Crippen MR) is 84.3 cm³/mol. The SMILES string of the molecule is C=CCC(C(=O)N[C@@H](Cc1ccccc1)C(=O)OCC)[N+](=O)[O-]. The molecule has 1 amide bonds. The van der Waals surface area contributed by atoms with Crippen molar-refractivity contribution in [3.8, 4) is 0 Å². The van der Waals surface area contributed by atoms with E-state index in [0.29, 0.717) is 0 Å². The van der Waals surface area contributed by atoms with Gasteiger partial charge in [0.1, 0.15) is 6.04 Å². The topological polar surface area (TPSA) is 98.5 Å². The van der Waals surface area contributed by atoms with Crippen LogP contribution in [0.5, 0.6) is 0 Å². The van der Waals surface area contributed by atoms with Crippen LogP contribution in [0, 0.1) is 10.1 Å². The van der Waals surface area contributed by atoms with Crippen molar-refractivity contribution in [2.45, 2.75) is 31.8 Å². The fourth-order valence-corrected chi connectivity index (χ4v) is 2.00. The van der Waals surface area contributed by atoms with Crippen molar-refractivity contribution in [2.24, 2.45) is 0 Å². The molecule has 23 heavy (non-hydrogen) atoms. The zero-order valence-corrected chi connectivity index (χ0v) is 12.9. The van der Waals surface area contributed by atoms with E-state index in [9.17, 15) is 19.7 Å². The van der Waals surface area contributed by atoms with Crippen molar-refractivity contribution in [2.75, 3.05) is 6.61 Å². The Labute approximate surface area is 134 Å². The molecular weight excluding hydrogens is 300 g/mol. The summed E-state index contributed by atoms with van der Waals surface area (Å²) in [7, 11) is 0. The number of nitro groups is 1. The molecule has 0 saturated carbocycles. The number of nitrogens with one attached hydrogen (secondary N) is 1. The maximum Gasteiger partial charge on any atom is 0.328 e. The van der Waals surface area contributed by atoms with Gasteiger partial charge in [0.2, 0.25) is 0 Å². The largest absolute Gasteiger partial charge is 0.464 e. The van der Waals surface area contributed by atoms with E-state index in [1.807, 2.05) is 6.07 Å². The van der Waals surface area contributed by atoms with Gasteiger partial charge in [0, 0.05) is 17.8 Å². The molecule has 0 radical (unpaired) electrons. The van der Waals surface area contributed by atoms with Crippen molar-refractivity contribution in [1.82, 2.24) is 5.32 Å². The second kappa shape index (κ2) is 9.34. The lowest BCUT2D eigenvalue weighted by Gasteiger charge is -2.18. The van der Waals surface area contributed by atoms with Crippen molar-refractivity contribution < 1.29 is 19.2 Å². The summed E-state index contributed by atoms with van der Waals surface area (Å²) in [6.45, 7) is 5.21. The molecule has 0 bridgehead atoms. The number of carbonyl (C=O) groups is 2. The highest BCUT2D eigenvalue weighted by Gasteiger charge is 2.32. The third kappa shape index (κ3) is 5.90. The molecule has 0 aliphatic heterocycles. The van der Waals surface area contributed by atoms with Crippen LogP contribution in [0.2, 0.25) is 0 Å². The van der Waals surface area contributed by atoms with Gasteiger partial charge >= 0.3 is 5.97 Å². The number of ether oxygens (including phenoxy) is 1. The van der Waals surface area contributed by atoms with Crippen LogP contribution in [0.15, 0.2) is 43.0 Å². The minimum atomic E-state index is -1.47. The first-order chi connectivity index (χ1) is 11.0. The van der Waals surface area contributed by atoms with Crippen LogP contribution in [-0.2, 0) is 20.7 Å². The summed E-state index contributed by atoms with van der Waals surface area (Å²) in [6.07, 6.45) is 1.38. The number of rotatable bonds is 9. The molecule has 0 aliphatic rings. The molecule has 0 aromatic heterocycles. The third-order valence-corrected chi connectivity index (χ3v) is 3.12. The van der Waals surface area contributed by atoms with E-state index in [0.717, 1.165) is 5.56 Å². The normalized spacial score (nSPS) is 12.7. The Morgan fingerprint density at radius 1 is 1.39 bits per heavy atom. The van der Waals surface area contributed by atoms with Crippen LogP contribution in [-0.4, -0.2) is 35.5 Å². The van der Waals surface area contributed by atoms with E-state index in [1.54, 1.807) is 31.2 Å². The van der Waals surface area contributed by atoms with Gasteiger partial charge in [-0.2, -0.15) is 0 Å². The minimum Gasteiger partial charge on any atom is -0.464 e. The van der Waals surface area contributed by atoms with Gasteiger partial charge in [-0.3, -0.25) is 14.9 Å². The summed E-state index contributed by atoms with van der Waals surface area (Å²) in [5, 5.41) is 13.4. The second-order valence-electron chi connectivity index (χ2n) is 4.83. The summed E-state index contributed by atoms with van der Waals surface area (Å²) in [4.78, 5) is 34.3. The lowest BCUT2D eigenvalue weighted by Crippen LogP contribution is -2.49. The first-order valence-corrected chi connectivity index (χ1v) is 7.24. The average molecular weight is 320 g/mol. The average Bonchev–Trinajstić information content (AvgIpc) is 2.52. The third-order valence-electron chi connectivity index (χ3n) is 3.12. The maximum absolute atomic E-state index is 12.1. The summed E-state index contributed by atoms with van der Waals surface area (Å²) in [6, 6.07) is 6.58. The summed E-state index contributed by atoms with van der Waals surface area (Å²) < 4.78 is 4.93. The summed E-state index contributed by atoms with van der Waals surface area (Å²) in [5.74, 6) is -1.45. The Balaban J connectivity index is 2.87. The Morgan fingerprint density at radius 3 is 2.57 bits per heavy atom. The van der Waals surface area contributed by atoms with E-state index < -0.39 is 28.9 Å². The number of carbonyl (C=O) groups excluding carboxylic acids is 2. The molecule has 0 saturated heterocycles. The first-order valence-electron chi connectivity index (χ1n) is 7.24. The highest BCUT2D eigenvalue weighted by molar-refractivity contribution is 5.87. The van der Waals surface area contributed by atoms with E-state index in [1.165, 1.54) is 6.08 Å². The number of hydrogen-bond acceptors (Lipinski definition) is 5. The molecule has 7 heteroatoms. The maximum atomic E-state index is 12.1. The van der Waals surface area contributed by atoms with Crippen LogP contribution in [0.3, 0.4) is 0 Å². The van der Waals surface area contributed by atoms with Crippen molar-refractivity contribution >= 4 is 11.9 Å². The Bertz CT molecular complexity index is 559. The molecule has 0 aliphatic carbocycles. The Hall–Kier alpha value is -2.70. The van der Waals surface area contributed by atoms with E-state index in [2.05, 4.69) is 11.9 Å². The number of amides is 1. The summed E-state index contributed by atoms with van der Waals surface area (Å²) >= 11 is 0. The molecule has 1 rings (SSSR count). The molecule has 7 nitrogen and oxygen atoms in total. The Kier molecular flexibility index (Phi) is 7.45. The number of nitrogens with zero attached hydrogens (tertiary/aromatic N) is 1. The van der Waals surface area contributed by atoms with Crippen LogP contribution >= 0.6 is 0 Å². The number of esters is 1. The van der Waals surface area contributed by atoms with Gasteiger partial charge in [-0.1, -0.05) is 36.4 Å². The molecule has 0 heterocycles. The van der Waals surface area contributed by atoms with Crippen LogP contribution in [0.25, 0.3) is 0 Å². The van der Waals surface area contributed by atoms with Crippen LogP contribution in [0.4, 0.5) is 0 Å². The standard InChI is InChI=1S/C16H20N2O5/c1-3-8-14(18(21)22)15(19)17-13(16(20)23-4-2)11-12-9-6-5-7-10-12/h3,5-7,9-10,13-14H,1,4,8,11H2,2H3,(H,17,19)/t13-,14?/m0/s1. The molecule has 1 unspecified atom stereocenters. The molecule has 0 spiro atoms. The smallest absolute Gasteiger partial charge is 0.328 e. The molecule has 1 aromatic carbocycles. The summed E-state index contributed by atoms with van der Waals surface area (Å²) in [5.41, 5.74) is 0.812. The number of hydrogen-bond donors (Lipinski definition) is 1. The highest BCUT2D eigenvalue weighted by atomic mass is 16.6. The van der Waals surface area contributed by atoms with Gasteiger partial charge in [0.05, 0.1) is 6.61 Å². The minimum absolute atomic E-state index is 0.111. The van der Waals surface area contributed by atoms with Gasteiger partial charge < -0.3 is 10.1 Å². The van der Waals surface area contributed by atoms with Crippen molar-refractivity contribution in [1.29, 1.82) is 0 Å². The lowest BCUT2D eigenvalue weighted by atomic mass is 10.1. The Morgan fingerprint density at radius 2 is 2.04 bits per heavy atom. The van der Waals surface area contributed by atoms with Gasteiger partial charge in [-0.05, 0) is 12.5 Å². The van der Waals surface area contributed by atoms with E-state index in [-0.39, 0.29) is 19.4 Å². The molecule has 2 atom stereocenters. The van der Waals surface area contributed by atoms with E-state index >= 15 is 0 Å². The van der Waals surface area contributed by atoms with Gasteiger partial charge in [-0.15, -0.1) is 6.58 Å². The van der Waals surface area contributed by atoms with Crippen molar-refractivity contribution in [3.63, 3.8) is 0 Å². The first kappa shape index (κ1) is 18.3. The quantitative estimate of drug-likeness (QED) is 0.322. The second-order valence-corrected chi connectivity index (χ2v) is 4.83. The van der Waals surface area contributed by atoms with Gasteiger partial charge in [0.25, 0.3) is 11.9 Å². The molecule has 1 N–H and O–H groups in total. The van der Waals surface area contributed by atoms with Gasteiger partial charge in [-0.25, -0.2) is 4.79 Å².